The molecule has 0 aromatic heterocycles. The van der Waals surface area contributed by atoms with E-state index in [-0.39, 0.29) is 18.1 Å². The number of aliphatic carboxylic acids is 1. The van der Waals surface area contributed by atoms with Crippen molar-refractivity contribution >= 4 is 5.97 Å². The highest BCUT2D eigenvalue weighted by Gasteiger charge is 2.23. The van der Waals surface area contributed by atoms with Gasteiger partial charge in [0.15, 0.2) is 0 Å². The molecule has 1 aliphatic carbocycles. The second-order valence-corrected chi connectivity index (χ2v) is 3.83. The van der Waals surface area contributed by atoms with Crippen LogP contribution in [0.3, 0.4) is 0 Å². The zero-order valence-electron chi connectivity index (χ0n) is 7.73. The van der Waals surface area contributed by atoms with Crippen molar-refractivity contribution in [2.45, 2.75) is 19.3 Å². The lowest BCUT2D eigenvalue weighted by Crippen LogP contribution is -2.07. The summed E-state index contributed by atoms with van der Waals surface area (Å²) in [6.45, 7) is 0. The molecule has 0 saturated heterocycles. The molecule has 1 aromatic rings. The minimum atomic E-state index is -0.743. The second kappa shape index (κ2) is 3.33. The summed E-state index contributed by atoms with van der Waals surface area (Å²) >= 11 is 0. The third-order valence-corrected chi connectivity index (χ3v) is 2.67. The molecule has 3 heteroatoms. The lowest BCUT2D eigenvalue weighted by atomic mass is 10.0. The number of aromatic hydroxyl groups is 1. The third kappa shape index (κ3) is 1.71. The number of carbonyl (C=O) groups is 1. The number of benzene rings is 1. The number of phenolic OH excluding ortho intramolecular Hbond substituents is 1. The van der Waals surface area contributed by atoms with Crippen LogP contribution in [0.1, 0.15) is 17.5 Å². The molecule has 1 aromatic carbocycles. The molecule has 2 rings (SSSR count). The van der Waals surface area contributed by atoms with Gasteiger partial charge in [0.2, 0.25) is 0 Å². The van der Waals surface area contributed by atoms with E-state index >= 15 is 0 Å². The number of hydrogen-bond donors (Lipinski definition) is 2. The van der Waals surface area contributed by atoms with E-state index in [2.05, 4.69) is 0 Å². The largest absolute Gasteiger partial charge is 0.508 e. The van der Waals surface area contributed by atoms with Gasteiger partial charge in [0, 0.05) is 6.42 Å². The minimum absolute atomic E-state index is 0.198. The van der Waals surface area contributed by atoms with E-state index in [4.69, 9.17) is 5.11 Å². The van der Waals surface area contributed by atoms with Crippen LogP contribution in [0, 0.1) is 5.92 Å². The van der Waals surface area contributed by atoms with Crippen molar-refractivity contribution in [3.05, 3.63) is 29.3 Å². The molecule has 0 heterocycles. The van der Waals surface area contributed by atoms with Crippen LogP contribution in [0.15, 0.2) is 18.2 Å². The number of carboxylic acid groups (broad SMARTS) is 1. The number of carboxylic acids is 1. The van der Waals surface area contributed by atoms with Gasteiger partial charge in [-0.1, -0.05) is 6.07 Å². The van der Waals surface area contributed by atoms with Gasteiger partial charge in [0.05, 0.1) is 0 Å². The molecule has 1 atom stereocenters. The van der Waals surface area contributed by atoms with Crippen molar-refractivity contribution in [2.75, 3.05) is 0 Å². The number of fused-ring (bicyclic) bond motifs is 1. The van der Waals surface area contributed by atoms with Crippen LogP contribution in [-0.4, -0.2) is 16.2 Å². The van der Waals surface area contributed by atoms with Crippen molar-refractivity contribution in [3.8, 4) is 5.75 Å². The van der Waals surface area contributed by atoms with Crippen molar-refractivity contribution in [1.82, 2.24) is 0 Å². The molecule has 1 aliphatic rings. The highest BCUT2D eigenvalue weighted by atomic mass is 16.4. The van der Waals surface area contributed by atoms with Crippen molar-refractivity contribution in [2.24, 2.45) is 5.92 Å². The van der Waals surface area contributed by atoms with Crippen LogP contribution in [0.5, 0.6) is 5.75 Å². The van der Waals surface area contributed by atoms with E-state index < -0.39 is 5.97 Å². The van der Waals surface area contributed by atoms with Crippen molar-refractivity contribution in [1.29, 1.82) is 0 Å². The average molecular weight is 192 g/mol. The lowest BCUT2D eigenvalue weighted by Gasteiger charge is -2.02. The minimum Gasteiger partial charge on any atom is -0.508 e. The monoisotopic (exact) mass is 192 g/mol. The molecule has 0 spiro atoms. The van der Waals surface area contributed by atoms with Crippen molar-refractivity contribution in [3.63, 3.8) is 0 Å². The Hall–Kier alpha value is -1.51. The van der Waals surface area contributed by atoms with Crippen molar-refractivity contribution < 1.29 is 15.0 Å². The molecule has 74 valence electrons. The Morgan fingerprint density at radius 2 is 2.07 bits per heavy atom. The summed E-state index contributed by atoms with van der Waals surface area (Å²) in [5.41, 5.74) is 2.27. The molecular formula is C11H12O3. The third-order valence-electron chi connectivity index (χ3n) is 2.67. The van der Waals surface area contributed by atoms with E-state index in [1.165, 1.54) is 5.56 Å². The number of phenols is 1. The van der Waals surface area contributed by atoms with E-state index in [9.17, 15) is 9.90 Å². The summed E-state index contributed by atoms with van der Waals surface area (Å²) in [6, 6.07) is 5.27. The smallest absolute Gasteiger partial charge is 0.303 e. The maximum absolute atomic E-state index is 10.5. The predicted octanol–water partition coefficient (Wildman–Crippen LogP) is 1.58. The van der Waals surface area contributed by atoms with Gasteiger partial charge in [0.1, 0.15) is 5.75 Å². The summed E-state index contributed by atoms with van der Waals surface area (Å²) < 4.78 is 0. The molecular weight excluding hydrogens is 180 g/mol. The zero-order chi connectivity index (χ0) is 10.1. The van der Waals surface area contributed by atoms with Gasteiger partial charge in [-0.25, -0.2) is 0 Å². The van der Waals surface area contributed by atoms with Crippen LogP contribution in [0.4, 0.5) is 0 Å². The summed E-state index contributed by atoms with van der Waals surface area (Å²) in [6.07, 6.45) is 1.81. The normalized spacial score (nSPS) is 19.3. The fraction of sp³-hybridized carbons (Fsp3) is 0.364. The average Bonchev–Trinajstić information content (AvgIpc) is 2.44. The van der Waals surface area contributed by atoms with Crippen LogP contribution in [0.25, 0.3) is 0 Å². The predicted molar refractivity (Wildman–Crippen MR) is 51.3 cm³/mol. The number of rotatable bonds is 2. The topological polar surface area (TPSA) is 57.5 Å². The molecule has 0 amide bonds. The van der Waals surface area contributed by atoms with E-state index in [1.807, 2.05) is 6.07 Å². The van der Waals surface area contributed by atoms with Gasteiger partial charge in [0.25, 0.3) is 0 Å². The summed E-state index contributed by atoms with van der Waals surface area (Å²) in [5, 5.41) is 17.9. The van der Waals surface area contributed by atoms with E-state index in [0.717, 1.165) is 18.4 Å². The Morgan fingerprint density at radius 1 is 1.36 bits per heavy atom. The number of hydrogen-bond acceptors (Lipinski definition) is 2. The Labute approximate surface area is 82.0 Å². The summed E-state index contributed by atoms with van der Waals surface area (Å²) in [5.74, 6) is -0.281. The molecule has 0 saturated carbocycles. The van der Waals surface area contributed by atoms with Crippen LogP contribution < -0.4 is 0 Å². The van der Waals surface area contributed by atoms with Crippen LogP contribution in [-0.2, 0) is 17.6 Å². The van der Waals surface area contributed by atoms with Gasteiger partial charge in [-0.2, -0.15) is 0 Å². The molecule has 14 heavy (non-hydrogen) atoms. The summed E-state index contributed by atoms with van der Waals surface area (Å²) in [7, 11) is 0. The SMILES string of the molecule is O=C(O)CC1Cc2ccc(O)cc2C1. The molecule has 0 aliphatic heterocycles. The summed E-state index contributed by atoms with van der Waals surface area (Å²) in [4.78, 5) is 10.5. The molecule has 3 nitrogen and oxygen atoms in total. The fourth-order valence-electron chi connectivity index (χ4n) is 2.09. The Morgan fingerprint density at radius 3 is 2.79 bits per heavy atom. The van der Waals surface area contributed by atoms with Crippen LogP contribution >= 0.6 is 0 Å². The first kappa shape index (κ1) is 9.06. The second-order valence-electron chi connectivity index (χ2n) is 3.83. The molecule has 0 bridgehead atoms. The highest BCUT2D eigenvalue weighted by molar-refractivity contribution is 5.67. The first-order valence-electron chi connectivity index (χ1n) is 4.67. The molecule has 0 radical (unpaired) electrons. The van der Waals surface area contributed by atoms with Gasteiger partial charge in [-0.3, -0.25) is 4.79 Å². The first-order chi connectivity index (χ1) is 6.65. The Kier molecular flexibility index (Phi) is 2.15. The quantitative estimate of drug-likeness (QED) is 0.748. The fourth-order valence-corrected chi connectivity index (χ4v) is 2.09. The van der Waals surface area contributed by atoms with Crippen LogP contribution in [0.2, 0.25) is 0 Å². The standard InChI is InChI=1S/C11H12O3/c12-10-2-1-8-3-7(5-11(13)14)4-9(8)6-10/h1-2,6-7,12H,3-5H2,(H,13,14). The molecule has 0 fully saturated rings. The van der Waals surface area contributed by atoms with E-state index in [1.54, 1.807) is 12.1 Å². The maximum atomic E-state index is 10.5. The van der Waals surface area contributed by atoms with Gasteiger partial charge < -0.3 is 10.2 Å². The van der Waals surface area contributed by atoms with Gasteiger partial charge >= 0.3 is 5.97 Å². The highest BCUT2D eigenvalue weighted by Crippen LogP contribution is 2.30. The van der Waals surface area contributed by atoms with Gasteiger partial charge in [-0.15, -0.1) is 0 Å². The lowest BCUT2D eigenvalue weighted by molar-refractivity contribution is -0.138. The van der Waals surface area contributed by atoms with E-state index in [0.29, 0.717) is 0 Å². The zero-order valence-corrected chi connectivity index (χ0v) is 7.73. The first-order valence-corrected chi connectivity index (χ1v) is 4.67. The Balaban J connectivity index is 2.14. The molecule has 2 N–H and O–H groups in total. The Bertz CT molecular complexity index is 371. The molecule has 1 unspecified atom stereocenters. The van der Waals surface area contributed by atoms with Gasteiger partial charge in [-0.05, 0) is 42.0 Å². The maximum Gasteiger partial charge on any atom is 0.303 e.